The monoisotopic (exact) mass is 284 g/mol. The zero-order valence-corrected chi connectivity index (χ0v) is 13.2. The van der Waals surface area contributed by atoms with E-state index in [2.05, 4.69) is 60.3 Å². The van der Waals surface area contributed by atoms with E-state index in [9.17, 15) is 0 Å². The highest BCUT2D eigenvalue weighted by Gasteiger charge is 2.17. The number of benzene rings is 1. The lowest BCUT2D eigenvalue weighted by Crippen LogP contribution is -2.22. The van der Waals surface area contributed by atoms with Crippen molar-refractivity contribution in [2.24, 2.45) is 7.05 Å². The minimum absolute atomic E-state index is 1.01. The zero-order chi connectivity index (χ0) is 14.8. The zero-order valence-electron chi connectivity index (χ0n) is 13.2. The Balaban J connectivity index is 1.75. The molecule has 4 heteroatoms. The van der Waals surface area contributed by atoms with Crippen molar-refractivity contribution in [1.29, 1.82) is 0 Å². The van der Waals surface area contributed by atoms with Crippen LogP contribution in [-0.4, -0.2) is 35.3 Å². The van der Waals surface area contributed by atoms with Crippen LogP contribution in [0.1, 0.15) is 23.2 Å². The summed E-state index contributed by atoms with van der Waals surface area (Å²) >= 11 is 0. The molecule has 0 aliphatic carbocycles. The van der Waals surface area contributed by atoms with Gasteiger partial charge >= 0.3 is 0 Å². The fourth-order valence-electron chi connectivity index (χ4n) is 3.08. The van der Waals surface area contributed by atoms with Crippen molar-refractivity contribution in [1.82, 2.24) is 14.7 Å². The maximum atomic E-state index is 4.40. The first kappa shape index (κ1) is 14.1. The number of aryl methyl sites for hydroxylation is 1. The van der Waals surface area contributed by atoms with Crippen LogP contribution in [0.25, 0.3) is 0 Å². The molecule has 1 aliphatic heterocycles. The number of rotatable bonds is 3. The Morgan fingerprint density at radius 3 is 2.95 bits per heavy atom. The Hall–Kier alpha value is -1.81. The van der Waals surface area contributed by atoms with Gasteiger partial charge in [0.2, 0.25) is 0 Å². The first-order chi connectivity index (χ1) is 10.1. The largest absolute Gasteiger partial charge is 0.378 e. The highest BCUT2D eigenvalue weighted by atomic mass is 15.3. The first-order valence-corrected chi connectivity index (χ1v) is 7.62. The molecule has 112 valence electrons. The van der Waals surface area contributed by atoms with Crippen molar-refractivity contribution in [2.45, 2.75) is 25.9 Å². The second kappa shape index (κ2) is 5.90. The van der Waals surface area contributed by atoms with Gasteiger partial charge in [-0.25, -0.2) is 0 Å². The number of anilines is 1. The van der Waals surface area contributed by atoms with Gasteiger partial charge in [0, 0.05) is 51.2 Å². The van der Waals surface area contributed by atoms with Crippen molar-refractivity contribution in [2.75, 3.05) is 25.5 Å². The number of nitrogens with zero attached hydrogens (tertiary/aromatic N) is 4. The number of hydrogen-bond acceptors (Lipinski definition) is 3. The SMILES string of the molecule is CN(C)c1cccc(CN2CCCc3c(cnn3C)C2)c1. The molecule has 0 saturated heterocycles. The summed E-state index contributed by atoms with van der Waals surface area (Å²) in [5.41, 5.74) is 5.44. The second-order valence-electron chi connectivity index (χ2n) is 6.12. The van der Waals surface area contributed by atoms with Gasteiger partial charge in [-0.2, -0.15) is 5.10 Å². The molecule has 0 N–H and O–H groups in total. The quantitative estimate of drug-likeness (QED) is 0.865. The standard InChI is InChI=1S/C17H24N4/c1-19(2)16-7-4-6-14(10-16)12-21-9-5-8-17-15(13-21)11-18-20(17)3/h4,6-7,10-11H,5,8-9,12-13H2,1-3H3. The van der Waals surface area contributed by atoms with E-state index in [1.165, 1.54) is 28.9 Å². The highest BCUT2D eigenvalue weighted by Crippen LogP contribution is 2.21. The predicted octanol–water partition coefficient (Wildman–Crippen LogP) is 2.43. The lowest BCUT2D eigenvalue weighted by molar-refractivity contribution is 0.261. The Morgan fingerprint density at radius 1 is 1.29 bits per heavy atom. The summed E-state index contributed by atoms with van der Waals surface area (Å²) in [6.07, 6.45) is 4.38. The van der Waals surface area contributed by atoms with E-state index in [4.69, 9.17) is 0 Å². The normalized spacial score (nSPS) is 15.6. The van der Waals surface area contributed by atoms with Gasteiger partial charge in [-0.15, -0.1) is 0 Å². The van der Waals surface area contributed by atoms with Crippen molar-refractivity contribution in [3.8, 4) is 0 Å². The smallest absolute Gasteiger partial charge is 0.0537 e. The molecule has 0 amide bonds. The molecule has 3 rings (SSSR count). The topological polar surface area (TPSA) is 24.3 Å². The Bertz CT molecular complexity index is 615. The molecule has 1 aromatic heterocycles. The van der Waals surface area contributed by atoms with Gasteiger partial charge in [-0.05, 0) is 37.1 Å². The van der Waals surface area contributed by atoms with E-state index in [1.54, 1.807) is 0 Å². The van der Waals surface area contributed by atoms with E-state index in [0.717, 1.165) is 26.1 Å². The van der Waals surface area contributed by atoms with Crippen molar-refractivity contribution < 1.29 is 0 Å². The van der Waals surface area contributed by atoms with E-state index in [-0.39, 0.29) is 0 Å². The average Bonchev–Trinajstić information content (AvgIpc) is 2.70. The summed E-state index contributed by atoms with van der Waals surface area (Å²) in [6.45, 7) is 3.17. The molecule has 0 fully saturated rings. The van der Waals surface area contributed by atoms with E-state index in [0.29, 0.717) is 0 Å². The third-order valence-corrected chi connectivity index (χ3v) is 4.26. The lowest BCUT2D eigenvalue weighted by Gasteiger charge is -2.21. The number of fused-ring (bicyclic) bond motifs is 1. The van der Waals surface area contributed by atoms with E-state index in [1.807, 2.05) is 10.9 Å². The van der Waals surface area contributed by atoms with Gasteiger partial charge < -0.3 is 4.90 Å². The molecule has 0 spiro atoms. The molecule has 4 nitrogen and oxygen atoms in total. The van der Waals surface area contributed by atoms with Crippen LogP contribution in [0, 0.1) is 0 Å². The molecular weight excluding hydrogens is 260 g/mol. The highest BCUT2D eigenvalue weighted by molar-refractivity contribution is 5.47. The Kier molecular flexibility index (Phi) is 3.97. The summed E-state index contributed by atoms with van der Waals surface area (Å²) in [5.74, 6) is 0. The van der Waals surface area contributed by atoms with Gasteiger partial charge in [0.1, 0.15) is 0 Å². The summed E-state index contributed by atoms with van der Waals surface area (Å²) in [4.78, 5) is 4.69. The second-order valence-corrected chi connectivity index (χ2v) is 6.12. The van der Waals surface area contributed by atoms with Crippen molar-refractivity contribution >= 4 is 5.69 Å². The molecule has 21 heavy (non-hydrogen) atoms. The van der Waals surface area contributed by atoms with Crippen LogP contribution in [0.15, 0.2) is 30.5 Å². The summed E-state index contributed by atoms with van der Waals surface area (Å²) in [5, 5.41) is 4.40. The van der Waals surface area contributed by atoms with Crippen LogP contribution in [0.4, 0.5) is 5.69 Å². The molecular formula is C17H24N4. The van der Waals surface area contributed by atoms with E-state index < -0.39 is 0 Å². The fraction of sp³-hybridized carbons (Fsp3) is 0.471. The Morgan fingerprint density at radius 2 is 2.14 bits per heavy atom. The first-order valence-electron chi connectivity index (χ1n) is 7.62. The fourth-order valence-corrected chi connectivity index (χ4v) is 3.08. The molecule has 0 atom stereocenters. The van der Waals surface area contributed by atoms with Crippen molar-refractivity contribution in [3.63, 3.8) is 0 Å². The maximum Gasteiger partial charge on any atom is 0.0537 e. The van der Waals surface area contributed by atoms with Crippen LogP contribution in [-0.2, 0) is 26.6 Å². The molecule has 0 bridgehead atoms. The summed E-state index contributed by atoms with van der Waals surface area (Å²) in [7, 11) is 6.23. The van der Waals surface area contributed by atoms with E-state index >= 15 is 0 Å². The number of aromatic nitrogens is 2. The van der Waals surface area contributed by atoms with Crippen molar-refractivity contribution in [3.05, 3.63) is 47.3 Å². The van der Waals surface area contributed by atoms with Gasteiger partial charge in [-0.3, -0.25) is 9.58 Å². The van der Waals surface area contributed by atoms with Crippen LogP contribution >= 0.6 is 0 Å². The molecule has 1 aromatic carbocycles. The third-order valence-electron chi connectivity index (χ3n) is 4.26. The van der Waals surface area contributed by atoms with Gasteiger partial charge in [-0.1, -0.05) is 12.1 Å². The molecule has 1 aliphatic rings. The van der Waals surface area contributed by atoms with Gasteiger partial charge in [0.15, 0.2) is 0 Å². The molecule has 0 radical (unpaired) electrons. The summed E-state index contributed by atoms with van der Waals surface area (Å²) in [6, 6.07) is 8.82. The maximum absolute atomic E-state index is 4.40. The molecule has 0 saturated carbocycles. The minimum atomic E-state index is 1.01. The minimum Gasteiger partial charge on any atom is -0.378 e. The van der Waals surface area contributed by atoms with Crippen LogP contribution in [0.5, 0.6) is 0 Å². The van der Waals surface area contributed by atoms with Gasteiger partial charge in [0.25, 0.3) is 0 Å². The third kappa shape index (κ3) is 3.10. The molecule has 2 heterocycles. The molecule has 2 aromatic rings. The molecule has 0 unspecified atom stereocenters. The van der Waals surface area contributed by atoms with Gasteiger partial charge in [0.05, 0.1) is 6.20 Å². The lowest BCUT2D eigenvalue weighted by atomic mass is 10.1. The average molecular weight is 284 g/mol. The van der Waals surface area contributed by atoms with Crippen LogP contribution in [0.2, 0.25) is 0 Å². The summed E-state index contributed by atoms with van der Waals surface area (Å²) < 4.78 is 2.03. The Labute approximate surface area is 127 Å². The van der Waals surface area contributed by atoms with Crippen LogP contribution in [0.3, 0.4) is 0 Å². The number of hydrogen-bond donors (Lipinski definition) is 0. The van der Waals surface area contributed by atoms with Crippen LogP contribution < -0.4 is 4.90 Å². The predicted molar refractivity (Wildman–Crippen MR) is 86.4 cm³/mol.